The number of furan rings is 1. The van der Waals surface area contributed by atoms with E-state index in [4.69, 9.17) is 8.83 Å². The molecule has 6 rings (SSSR count). The Kier molecular flexibility index (Phi) is 3.55. The van der Waals surface area contributed by atoms with E-state index in [2.05, 4.69) is 56.5 Å². The Morgan fingerprint density at radius 3 is 1.94 bits per heavy atom. The van der Waals surface area contributed by atoms with Crippen molar-refractivity contribution in [2.75, 3.05) is 0 Å². The number of hydrogen-bond donors (Lipinski definition) is 0. The summed E-state index contributed by atoms with van der Waals surface area (Å²) in [5.41, 5.74) is 9.03. The largest absolute Gasteiger partial charge is 0.464 e. The number of fused-ring (bicyclic) bond motifs is 5. The molecule has 0 saturated heterocycles. The van der Waals surface area contributed by atoms with E-state index >= 15 is 0 Å². The summed E-state index contributed by atoms with van der Waals surface area (Å²) >= 11 is 0. The van der Waals surface area contributed by atoms with Gasteiger partial charge < -0.3 is 13.4 Å². The topological polar surface area (TPSA) is 48.3 Å². The minimum Gasteiger partial charge on any atom is -0.464 e. The second kappa shape index (κ2) is 6.11. The minimum atomic E-state index is -0.370. The fourth-order valence-electron chi connectivity index (χ4n) is 5.13. The van der Waals surface area contributed by atoms with Crippen LogP contribution in [0.1, 0.15) is 22.3 Å². The van der Waals surface area contributed by atoms with E-state index in [1.165, 1.54) is 39.1 Å². The lowest BCUT2D eigenvalue weighted by Crippen LogP contribution is -2.01. The van der Waals surface area contributed by atoms with Crippen molar-refractivity contribution in [3.05, 3.63) is 87.5 Å². The van der Waals surface area contributed by atoms with E-state index in [1.807, 2.05) is 12.1 Å². The van der Waals surface area contributed by atoms with Crippen molar-refractivity contribution in [1.29, 1.82) is 0 Å². The number of aromatic nitrogens is 1. The zero-order valence-corrected chi connectivity index (χ0v) is 17.9. The molecule has 3 heterocycles. The molecule has 4 heteroatoms. The van der Waals surface area contributed by atoms with Crippen molar-refractivity contribution in [2.24, 2.45) is 0 Å². The van der Waals surface area contributed by atoms with Crippen molar-refractivity contribution in [3.63, 3.8) is 0 Å². The van der Waals surface area contributed by atoms with Gasteiger partial charge in [0.15, 0.2) is 0 Å². The monoisotopic (exact) mass is 407 g/mol. The van der Waals surface area contributed by atoms with Crippen LogP contribution in [0.5, 0.6) is 0 Å². The van der Waals surface area contributed by atoms with Crippen molar-refractivity contribution >= 4 is 43.7 Å². The van der Waals surface area contributed by atoms with Crippen LogP contribution < -0.4 is 5.63 Å². The lowest BCUT2D eigenvalue weighted by Gasteiger charge is -2.15. The van der Waals surface area contributed by atoms with Gasteiger partial charge in [0.2, 0.25) is 0 Å². The van der Waals surface area contributed by atoms with E-state index in [1.54, 1.807) is 12.3 Å². The first kappa shape index (κ1) is 18.0. The SMILES string of the molecule is Cc1cc(C)c2c(c1)c1cc(C)cc(C)c1n2-c1c2ccoc2cc2oc(=O)ccc12. The van der Waals surface area contributed by atoms with Gasteiger partial charge >= 0.3 is 5.63 Å². The molecular formula is C27H21NO3. The Bertz CT molecular complexity index is 1680. The Labute approximate surface area is 178 Å². The Morgan fingerprint density at radius 2 is 1.29 bits per heavy atom. The summed E-state index contributed by atoms with van der Waals surface area (Å²) in [6, 6.07) is 16.1. The Balaban J connectivity index is 1.96. The van der Waals surface area contributed by atoms with Gasteiger partial charge in [0.25, 0.3) is 0 Å². The molecule has 31 heavy (non-hydrogen) atoms. The van der Waals surface area contributed by atoms with Crippen LogP contribution >= 0.6 is 0 Å². The van der Waals surface area contributed by atoms with Crippen LogP contribution in [0.15, 0.2) is 68.4 Å². The molecule has 4 nitrogen and oxygen atoms in total. The molecule has 0 radical (unpaired) electrons. The summed E-state index contributed by atoms with van der Waals surface area (Å²) in [4.78, 5) is 12.0. The van der Waals surface area contributed by atoms with Gasteiger partial charge in [-0.05, 0) is 63.1 Å². The van der Waals surface area contributed by atoms with Crippen LogP contribution in [0.4, 0.5) is 0 Å². The molecule has 6 aromatic rings. The van der Waals surface area contributed by atoms with E-state index in [0.717, 1.165) is 27.5 Å². The first-order valence-electron chi connectivity index (χ1n) is 10.4. The normalized spacial score (nSPS) is 12.0. The van der Waals surface area contributed by atoms with Gasteiger partial charge in [-0.1, -0.05) is 23.3 Å². The number of hydrogen-bond acceptors (Lipinski definition) is 3. The molecular weight excluding hydrogens is 386 g/mol. The molecule has 152 valence electrons. The number of aryl methyl sites for hydroxylation is 4. The highest BCUT2D eigenvalue weighted by atomic mass is 16.4. The second-order valence-electron chi connectivity index (χ2n) is 8.52. The molecule has 0 aliphatic heterocycles. The van der Waals surface area contributed by atoms with E-state index in [0.29, 0.717) is 11.2 Å². The molecule has 0 spiro atoms. The van der Waals surface area contributed by atoms with Crippen molar-refractivity contribution in [2.45, 2.75) is 27.7 Å². The van der Waals surface area contributed by atoms with Gasteiger partial charge in [-0.15, -0.1) is 0 Å². The highest BCUT2D eigenvalue weighted by Gasteiger charge is 2.21. The summed E-state index contributed by atoms with van der Waals surface area (Å²) in [5, 5.41) is 4.32. The van der Waals surface area contributed by atoms with Crippen LogP contribution in [-0.4, -0.2) is 4.57 Å². The maximum atomic E-state index is 12.0. The summed E-state index contributed by atoms with van der Waals surface area (Å²) in [7, 11) is 0. The Hall–Kier alpha value is -3.79. The average molecular weight is 407 g/mol. The van der Waals surface area contributed by atoms with Gasteiger partial charge in [-0.25, -0.2) is 4.79 Å². The first-order chi connectivity index (χ1) is 14.9. The van der Waals surface area contributed by atoms with Crippen LogP contribution in [0.25, 0.3) is 49.4 Å². The Morgan fingerprint density at radius 1 is 0.677 bits per heavy atom. The maximum absolute atomic E-state index is 12.0. The third-order valence-electron chi connectivity index (χ3n) is 6.18. The van der Waals surface area contributed by atoms with Gasteiger partial charge in [0.05, 0.1) is 23.0 Å². The predicted molar refractivity (Wildman–Crippen MR) is 126 cm³/mol. The van der Waals surface area contributed by atoms with Crippen molar-refractivity contribution in [1.82, 2.24) is 4.57 Å². The molecule has 0 aliphatic carbocycles. The predicted octanol–water partition coefficient (Wildman–Crippen LogP) is 6.87. The smallest absolute Gasteiger partial charge is 0.336 e. The fourth-order valence-corrected chi connectivity index (χ4v) is 5.13. The van der Waals surface area contributed by atoms with Crippen LogP contribution in [0.3, 0.4) is 0 Å². The average Bonchev–Trinajstić information content (AvgIpc) is 3.29. The van der Waals surface area contributed by atoms with E-state index in [-0.39, 0.29) is 5.63 Å². The number of rotatable bonds is 1. The lowest BCUT2D eigenvalue weighted by molar-refractivity contribution is 0.559. The third-order valence-corrected chi connectivity index (χ3v) is 6.18. The van der Waals surface area contributed by atoms with Gasteiger partial charge in [0.1, 0.15) is 11.2 Å². The highest BCUT2D eigenvalue weighted by Crippen LogP contribution is 2.41. The molecule has 0 saturated carbocycles. The quantitative estimate of drug-likeness (QED) is 0.279. The standard InChI is InChI=1S/C27H21NO3/c1-14-9-16(3)25-20(11-14)21-12-15(2)10-17(4)26(21)28(25)27-18-5-6-24(29)31-23(18)13-22-19(27)7-8-30-22/h5-13H,1-4H3. The zero-order valence-electron chi connectivity index (χ0n) is 17.9. The molecule has 0 aliphatic rings. The fraction of sp³-hybridized carbons (Fsp3) is 0.148. The molecule has 0 atom stereocenters. The van der Waals surface area contributed by atoms with Crippen LogP contribution in [0.2, 0.25) is 0 Å². The summed E-state index contributed by atoms with van der Waals surface area (Å²) in [6.45, 7) is 8.59. The molecule has 0 unspecified atom stereocenters. The number of nitrogens with zero attached hydrogens (tertiary/aromatic N) is 1. The summed E-state index contributed by atoms with van der Waals surface area (Å²) in [5.74, 6) is 0. The summed E-state index contributed by atoms with van der Waals surface area (Å²) in [6.07, 6.45) is 1.69. The van der Waals surface area contributed by atoms with Crippen molar-refractivity contribution < 1.29 is 8.83 Å². The zero-order chi connectivity index (χ0) is 21.4. The van der Waals surface area contributed by atoms with Gasteiger partial charge in [-0.3, -0.25) is 0 Å². The minimum absolute atomic E-state index is 0.370. The molecule has 0 fully saturated rings. The second-order valence-corrected chi connectivity index (χ2v) is 8.52. The summed E-state index contributed by atoms with van der Waals surface area (Å²) < 4.78 is 13.7. The molecule has 0 bridgehead atoms. The van der Waals surface area contributed by atoms with Crippen molar-refractivity contribution in [3.8, 4) is 5.69 Å². The third kappa shape index (κ3) is 2.45. The van der Waals surface area contributed by atoms with Gasteiger partial charge in [-0.2, -0.15) is 0 Å². The number of benzene rings is 3. The van der Waals surface area contributed by atoms with E-state index < -0.39 is 0 Å². The maximum Gasteiger partial charge on any atom is 0.336 e. The highest BCUT2D eigenvalue weighted by molar-refractivity contribution is 6.15. The van der Waals surface area contributed by atoms with Gasteiger partial charge in [0, 0.05) is 33.7 Å². The molecule has 0 N–H and O–H groups in total. The molecule has 3 aromatic carbocycles. The van der Waals surface area contributed by atoms with E-state index in [9.17, 15) is 4.79 Å². The molecule has 3 aromatic heterocycles. The van der Waals surface area contributed by atoms with Crippen LogP contribution in [0, 0.1) is 27.7 Å². The first-order valence-corrected chi connectivity index (χ1v) is 10.4. The van der Waals surface area contributed by atoms with Crippen LogP contribution in [-0.2, 0) is 0 Å². The lowest BCUT2D eigenvalue weighted by atomic mass is 10.0. The molecule has 0 amide bonds.